The SMILES string of the molecule is COC(C)(C)CCCC(C)CCCC(C)Oc1ccc(S(C)(=O)=O)cc1. The normalized spacial score (nSPS) is 14.8. The molecule has 26 heavy (non-hydrogen) atoms. The zero-order valence-electron chi connectivity index (χ0n) is 17.2. The molecule has 0 aromatic heterocycles. The van der Waals surface area contributed by atoms with Crippen LogP contribution in [0.3, 0.4) is 0 Å². The van der Waals surface area contributed by atoms with Crippen molar-refractivity contribution in [3.63, 3.8) is 0 Å². The van der Waals surface area contributed by atoms with Gasteiger partial charge < -0.3 is 9.47 Å². The van der Waals surface area contributed by atoms with Gasteiger partial charge in [0.2, 0.25) is 0 Å². The summed E-state index contributed by atoms with van der Waals surface area (Å²) in [6.45, 7) is 8.66. The van der Waals surface area contributed by atoms with Gasteiger partial charge in [0.15, 0.2) is 9.84 Å². The predicted molar refractivity (Wildman–Crippen MR) is 108 cm³/mol. The molecule has 0 N–H and O–H groups in total. The number of benzene rings is 1. The van der Waals surface area contributed by atoms with Crippen molar-refractivity contribution in [1.29, 1.82) is 0 Å². The molecule has 0 aliphatic heterocycles. The van der Waals surface area contributed by atoms with Crippen molar-refractivity contribution in [2.45, 2.75) is 82.8 Å². The quantitative estimate of drug-likeness (QED) is 0.493. The van der Waals surface area contributed by atoms with E-state index in [9.17, 15) is 8.42 Å². The molecule has 2 atom stereocenters. The van der Waals surface area contributed by atoms with Crippen LogP contribution in [0.5, 0.6) is 5.75 Å². The molecule has 1 aromatic carbocycles. The van der Waals surface area contributed by atoms with Gasteiger partial charge in [-0.1, -0.05) is 26.2 Å². The lowest BCUT2D eigenvalue weighted by Crippen LogP contribution is -2.22. The van der Waals surface area contributed by atoms with Gasteiger partial charge >= 0.3 is 0 Å². The van der Waals surface area contributed by atoms with Crippen LogP contribution in [-0.2, 0) is 14.6 Å². The van der Waals surface area contributed by atoms with Gasteiger partial charge in [0, 0.05) is 13.4 Å². The topological polar surface area (TPSA) is 52.6 Å². The van der Waals surface area contributed by atoms with Crippen molar-refractivity contribution >= 4 is 9.84 Å². The summed E-state index contributed by atoms with van der Waals surface area (Å²) >= 11 is 0. The summed E-state index contributed by atoms with van der Waals surface area (Å²) in [5, 5.41) is 0. The predicted octanol–water partition coefficient (Wildman–Crippen LogP) is 5.26. The third-order valence-corrected chi connectivity index (χ3v) is 6.05. The van der Waals surface area contributed by atoms with E-state index in [-0.39, 0.29) is 11.7 Å². The number of hydrogen-bond acceptors (Lipinski definition) is 4. The summed E-state index contributed by atoms with van der Waals surface area (Å²) in [6.07, 6.45) is 8.20. The molecule has 5 heteroatoms. The average molecular weight is 385 g/mol. The fraction of sp³-hybridized carbons (Fsp3) is 0.714. The molecule has 0 fully saturated rings. The third-order valence-electron chi connectivity index (χ3n) is 4.93. The van der Waals surface area contributed by atoms with E-state index in [2.05, 4.69) is 27.7 Å². The van der Waals surface area contributed by atoms with Crippen LogP contribution in [0.4, 0.5) is 0 Å². The van der Waals surface area contributed by atoms with Crippen molar-refractivity contribution < 1.29 is 17.9 Å². The largest absolute Gasteiger partial charge is 0.491 e. The first-order valence-corrected chi connectivity index (χ1v) is 11.4. The third kappa shape index (κ3) is 9.04. The highest BCUT2D eigenvalue weighted by Gasteiger charge is 2.16. The van der Waals surface area contributed by atoms with E-state index in [0.29, 0.717) is 10.8 Å². The summed E-state index contributed by atoms with van der Waals surface area (Å²) in [5.41, 5.74) is -0.0191. The first-order chi connectivity index (χ1) is 12.0. The number of sulfone groups is 1. The molecule has 0 bridgehead atoms. The second-order valence-electron chi connectivity index (χ2n) is 8.06. The monoisotopic (exact) mass is 384 g/mol. The van der Waals surface area contributed by atoms with Gasteiger partial charge in [0.1, 0.15) is 5.75 Å². The molecule has 4 nitrogen and oxygen atoms in total. The highest BCUT2D eigenvalue weighted by molar-refractivity contribution is 7.90. The van der Waals surface area contributed by atoms with Gasteiger partial charge in [-0.25, -0.2) is 8.42 Å². The van der Waals surface area contributed by atoms with Crippen LogP contribution in [0.25, 0.3) is 0 Å². The Morgan fingerprint density at radius 3 is 2.12 bits per heavy atom. The molecular weight excluding hydrogens is 348 g/mol. The fourth-order valence-corrected chi connectivity index (χ4v) is 3.56. The van der Waals surface area contributed by atoms with Gasteiger partial charge in [0.05, 0.1) is 16.6 Å². The Labute approximate surface area is 160 Å². The van der Waals surface area contributed by atoms with Crippen molar-refractivity contribution in [2.75, 3.05) is 13.4 Å². The molecule has 1 aromatic rings. The average Bonchev–Trinajstić information content (AvgIpc) is 2.54. The Balaban J connectivity index is 2.26. The van der Waals surface area contributed by atoms with Crippen molar-refractivity contribution in [2.24, 2.45) is 5.92 Å². The maximum absolute atomic E-state index is 11.5. The van der Waals surface area contributed by atoms with E-state index in [1.54, 1.807) is 31.4 Å². The van der Waals surface area contributed by atoms with Gasteiger partial charge in [0.25, 0.3) is 0 Å². The molecule has 150 valence electrons. The molecule has 0 spiro atoms. The van der Waals surface area contributed by atoms with Crippen molar-refractivity contribution in [3.8, 4) is 5.75 Å². The lowest BCUT2D eigenvalue weighted by molar-refractivity contribution is 0.0127. The zero-order chi connectivity index (χ0) is 19.8. The summed E-state index contributed by atoms with van der Waals surface area (Å²) in [6, 6.07) is 6.65. The minimum Gasteiger partial charge on any atom is -0.491 e. The second kappa shape index (κ2) is 10.3. The molecule has 0 aliphatic carbocycles. The van der Waals surface area contributed by atoms with Crippen LogP contribution in [-0.4, -0.2) is 33.5 Å². The summed E-state index contributed by atoms with van der Waals surface area (Å²) in [7, 11) is -1.38. The van der Waals surface area contributed by atoms with Crippen LogP contribution in [0.2, 0.25) is 0 Å². The van der Waals surface area contributed by atoms with E-state index in [1.807, 2.05) is 0 Å². The Morgan fingerprint density at radius 2 is 1.58 bits per heavy atom. The fourth-order valence-electron chi connectivity index (χ4n) is 2.93. The zero-order valence-corrected chi connectivity index (χ0v) is 18.1. The van der Waals surface area contributed by atoms with Crippen molar-refractivity contribution in [3.05, 3.63) is 24.3 Å². The Kier molecular flexibility index (Phi) is 9.11. The summed E-state index contributed by atoms with van der Waals surface area (Å²) in [5.74, 6) is 1.43. The van der Waals surface area contributed by atoms with Crippen LogP contribution in [0.1, 0.15) is 66.2 Å². The molecule has 0 aliphatic rings. The van der Waals surface area contributed by atoms with Gasteiger partial charge in [-0.3, -0.25) is 0 Å². The molecule has 0 saturated heterocycles. The van der Waals surface area contributed by atoms with Gasteiger partial charge in [-0.05, 0) is 70.2 Å². The lowest BCUT2D eigenvalue weighted by Gasteiger charge is -2.23. The standard InChI is InChI=1S/C21H36O4S/c1-17(10-8-16-21(3,4)24-5)9-7-11-18(2)25-19-12-14-20(15-13-19)26(6,22)23/h12-15,17-18H,7-11,16H2,1-6H3. The Morgan fingerprint density at radius 1 is 1.00 bits per heavy atom. The molecule has 0 radical (unpaired) electrons. The Hall–Kier alpha value is -1.07. The van der Waals surface area contributed by atoms with Crippen LogP contribution < -0.4 is 4.74 Å². The van der Waals surface area contributed by atoms with Crippen molar-refractivity contribution in [1.82, 2.24) is 0 Å². The van der Waals surface area contributed by atoms with Crippen LogP contribution >= 0.6 is 0 Å². The molecule has 2 unspecified atom stereocenters. The van der Waals surface area contributed by atoms with E-state index in [4.69, 9.17) is 9.47 Å². The highest BCUT2D eigenvalue weighted by atomic mass is 32.2. The number of ether oxygens (including phenoxy) is 2. The molecule has 0 heterocycles. The van der Waals surface area contributed by atoms with E-state index in [0.717, 1.165) is 25.0 Å². The maximum atomic E-state index is 11.5. The highest BCUT2D eigenvalue weighted by Crippen LogP contribution is 2.23. The van der Waals surface area contributed by atoms with E-state index < -0.39 is 9.84 Å². The smallest absolute Gasteiger partial charge is 0.175 e. The number of methoxy groups -OCH3 is 1. The second-order valence-corrected chi connectivity index (χ2v) is 10.1. The number of hydrogen-bond donors (Lipinski definition) is 0. The molecular formula is C21H36O4S. The molecule has 0 amide bonds. The van der Waals surface area contributed by atoms with Crippen LogP contribution in [0.15, 0.2) is 29.2 Å². The minimum absolute atomic E-state index is 0.0191. The maximum Gasteiger partial charge on any atom is 0.175 e. The Bertz CT molecular complexity index is 620. The first-order valence-electron chi connectivity index (χ1n) is 9.55. The molecule has 1 rings (SSSR count). The van der Waals surface area contributed by atoms with E-state index in [1.165, 1.54) is 25.5 Å². The summed E-state index contributed by atoms with van der Waals surface area (Å²) in [4.78, 5) is 0.322. The number of rotatable bonds is 12. The van der Waals surface area contributed by atoms with Gasteiger partial charge in [-0.2, -0.15) is 0 Å². The van der Waals surface area contributed by atoms with Crippen LogP contribution in [0, 0.1) is 5.92 Å². The van der Waals surface area contributed by atoms with Gasteiger partial charge in [-0.15, -0.1) is 0 Å². The minimum atomic E-state index is -3.15. The summed E-state index contributed by atoms with van der Waals surface area (Å²) < 4.78 is 34.3. The van der Waals surface area contributed by atoms with E-state index >= 15 is 0 Å². The first kappa shape index (κ1) is 23.0. The molecule has 0 saturated carbocycles. The lowest BCUT2D eigenvalue weighted by atomic mass is 9.93.